The predicted octanol–water partition coefficient (Wildman–Crippen LogP) is 6.15. The van der Waals surface area contributed by atoms with Crippen LogP contribution in [-0.2, 0) is 4.79 Å². The van der Waals surface area contributed by atoms with Gasteiger partial charge >= 0.3 is 0 Å². The number of para-hydroxylation sites is 1. The minimum Gasteiger partial charge on any atom is -0.384 e. The molecule has 7 heteroatoms. The Bertz CT molecular complexity index is 1140. The van der Waals surface area contributed by atoms with Crippen molar-refractivity contribution in [3.8, 4) is 6.07 Å². The monoisotopic (exact) mass is 499 g/mol. The van der Waals surface area contributed by atoms with Gasteiger partial charge in [0.2, 0.25) is 0 Å². The summed E-state index contributed by atoms with van der Waals surface area (Å²) in [6.07, 6.45) is 4.09. The van der Waals surface area contributed by atoms with Crippen molar-refractivity contribution in [1.82, 2.24) is 0 Å². The number of allylic oxidation sites excluding steroid dienone is 3. The van der Waals surface area contributed by atoms with Gasteiger partial charge in [-0.15, -0.1) is 23.1 Å². The lowest BCUT2D eigenvalue weighted by Gasteiger charge is -2.40. The molecular formula is C23H22BrN3OS2. The van der Waals surface area contributed by atoms with Gasteiger partial charge in [0.1, 0.15) is 5.82 Å². The molecule has 0 radical (unpaired) electrons. The fraction of sp³-hybridized carbons (Fsp3) is 0.304. The van der Waals surface area contributed by atoms with Crippen molar-refractivity contribution in [2.45, 2.75) is 43.2 Å². The number of benzene rings is 1. The number of carbonyl (C=O) groups excluding carboxylic acids is 1. The van der Waals surface area contributed by atoms with Crippen molar-refractivity contribution in [2.75, 3.05) is 11.2 Å². The van der Waals surface area contributed by atoms with Crippen LogP contribution < -0.4 is 10.6 Å². The number of Topliss-reactive ketones (excluding diaryl/α,β-unsaturated/α-hetero) is 1. The molecule has 0 fully saturated rings. The van der Waals surface area contributed by atoms with Crippen LogP contribution in [0.1, 0.15) is 41.2 Å². The molecule has 1 aromatic carbocycles. The fourth-order valence-electron chi connectivity index (χ4n) is 4.43. The number of hydrogen-bond donors (Lipinski definition) is 1. The van der Waals surface area contributed by atoms with Gasteiger partial charge in [0.25, 0.3) is 0 Å². The quantitative estimate of drug-likeness (QED) is 0.512. The van der Waals surface area contributed by atoms with Gasteiger partial charge in [-0.2, -0.15) is 5.26 Å². The number of nitriles is 1. The Hall–Kier alpha value is -2.01. The first-order chi connectivity index (χ1) is 14.4. The van der Waals surface area contributed by atoms with E-state index in [1.807, 2.05) is 36.3 Å². The molecular weight excluding hydrogens is 478 g/mol. The Labute approximate surface area is 193 Å². The highest BCUT2D eigenvalue weighted by Crippen LogP contribution is 2.50. The molecule has 0 saturated carbocycles. The largest absolute Gasteiger partial charge is 0.384 e. The summed E-state index contributed by atoms with van der Waals surface area (Å²) >= 11 is 7.01. The SMILES string of the molecule is CSc1sc(C)cc1[C@@H]1C(C#N)=C(N)N(c2c(C)cccc2Br)C2=C1C(=O)CCC2. The number of halogens is 1. The van der Waals surface area contributed by atoms with Crippen LogP contribution in [0.15, 0.2) is 55.6 Å². The van der Waals surface area contributed by atoms with Crippen LogP contribution in [0, 0.1) is 25.2 Å². The van der Waals surface area contributed by atoms with Gasteiger partial charge in [-0.05, 0) is 72.1 Å². The zero-order chi connectivity index (χ0) is 21.6. The summed E-state index contributed by atoms with van der Waals surface area (Å²) in [6, 6.07) is 10.4. The molecule has 0 unspecified atom stereocenters. The summed E-state index contributed by atoms with van der Waals surface area (Å²) in [5.74, 6) is 0.137. The first kappa shape index (κ1) is 21.2. The minimum absolute atomic E-state index is 0.118. The summed E-state index contributed by atoms with van der Waals surface area (Å²) < 4.78 is 2.02. The molecule has 154 valence electrons. The number of anilines is 1. The second kappa shape index (κ2) is 8.26. The lowest BCUT2D eigenvalue weighted by atomic mass is 9.76. The molecule has 1 aromatic heterocycles. The number of nitrogens with zero attached hydrogens (tertiary/aromatic N) is 2. The average Bonchev–Trinajstić information content (AvgIpc) is 3.09. The molecule has 4 nitrogen and oxygen atoms in total. The van der Waals surface area contributed by atoms with Gasteiger partial charge in [0, 0.05) is 27.0 Å². The zero-order valence-electron chi connectivity index (χ0n) is 17.1. The minimum atomic E-state index is -0.399. The van der Waals surface area contributed by atoms with Crippen LogP contribution in [0.2, 0.25) is 0 Å². The van der Waals surface area contributed by atoms with Crippen LogP contribution in [0.25, 0.3) is 0 Å². The number of carbonyl (C=O) groups is 1. The maximum absolute atomic E-state index is 13.3. The molecule has 1 aliphatic heterocycles. The van der Waals surface area contributed by atoms with Gasteiger partial charge in [-0.1, -0.05) is 12.1 Å². The lowest BCUT2D eigenvalue weighted by Crippen LogP contribution is -2.39. The number of thiophene rings is 1. The Morgan fingerprint density at radius 1 is 1.33 bits per heavy atom. The number of ketones is 1. The normalized spacial score (nSPS) is 19.2. The third kappa shape index (κ3) is 3.31. The third-order valence-electron chi connectivity index (χ3n) is 5.67. The molecule has 1 atom stereocenters. The van der Waals surface area contributed by atoms with Crippen LogP contribution in [0.3, 0.4) is 0 Å². The highest BCUT2D eigenvalue weighted by atomic mass is 79.9. The number of nitrogens with two attached hydrogens (primary N) is 1. The first-order valence-electron chi connectivity index (χ1n) is 9.74. The maximum Gasteiger partial charge on any atom is 0.161 e. The van der Waals surface area contributed by atoms with Crippen LogP contribution in [-0.4, -0.2) is 12.0 Å². The molecule has 0 amide bonds. The van der Waals surface area contributed by atoms with Crippen molar-refractivity contribution in [3.05, 3.63) is 67.4 Å². The fourth-order valence-corrected chi connectivity index (χ4v) is 6.99. The maximum atomic E-state index is 13.3. The van der Waals surface area contributed by atoms with E-state index in [0.717, 1.165) is 49.6 Å². The summed E-state index contributed by atoms with van der Waals surface area (Å²) in [5, 5.41) is 10.2. The predicted molar refractivity (Wildman–Crippen MR) is 128 cm³/mol. The highest BCUT2D eigenvalue weighted by Gasteiger charge is 2.42. The van der Waals surface area contributed by atoms with E-state index in [-0.39, 0.29) is 5.78 Å². The number of rotatable bonds is 3. The molecule has 0 saturated heterocycles. The molecule has 2 aromatic rings. The Morgan fingerprint density at radius 2 is 2.10 bits per heavy atom. The highest BCUT2D eigenvalue weighted by molar-refractivity contribution is 9.10. The van der Waals surface area contributed by atoms with E-state index in [1.54, 1.807) is 23.1 Å². The number of aryl methyl sites for hydroxylation is 2. The third-order valence-corrected chi connectivity index (χ3v) is 8.53. The molecule has 1 aliphatic carbocycles. The molecule has 30 heavy (non-hydrogen) atoms. The zero-order valence-corrected chi connectivity index (χ0v) is 20.3. The summed E-state index contributed by atoms with van der Waals surface area (Å²) in [6.45, 7) is 4.08. The Kier molecular flexibility index (Phi) is 5.84. The van der Waals surface area contributed by atoms with Gasteiger partial charge < -0.3 is 5.73 Å². The average molecular weight is 500 g/mol. The van der Waals surface area contributed by atoms with Gasteiger partial charge in [0.15, 0.2) is 5.78 Å². The van der Waals surface area contributed by atoms with Crippen LogP contribution in [0.4, 0.5) is 5.69 Å². The summed E-state index contributed by atoms with van der Waals surface area (Å²) in [5.41, 5.74) is 11.8. The van der Waals surface area contributed by atoms with Crippen molar-refractivity contribution in [3.63, 3.8) is 0 Å². The van der Waals surface area contributed by atoms with E-state index in [2.05, 4.69) is 35.0 Å². The van der Waals surface area contributed by atoms with Gasteiger partial charge in [0.05, 0.1) is 27.5 Å². The molecule has 0 spiro atoms. The van der Waals surface area contributed by atoms with E-state index >= 15 is 0 Å². The van der Waals surface area contributed by atoms with Crippen LogP contribution >= 0.6 is 39.0 Å². The topological polar surface area (TPSA) is 70.1 Å². The number of hydrogen-bond acceptors (Lipinski definition) is 6. The second-order valence-corrected chi connectivity index (χ2v) is 10.7. The van der Waals surface area contributed by atoms with Gasteiger partial charge in [-0.25, -0.2) is 0 Å². The van der Waals surface area contributed by atoms with E-state index in [9.17, 15) is 10.1 Å². The van der Waals surface area contributed by atoms with Crippen LogP contribution in [0.5, 0.6) is 0 Å². The molecule has 2 heterocycles. The standard InChI is InChI=1S/C23H22BrN3OS2/c1-12-6-4-7-16(24)21(12)27-17-8-5-9-18(28)20(17)19(15(11-25)22(27)26)14-10-13(2)30-23(14)29-3/h4,6-7,10,19H,5,8-9,26H2,1-3H3/t19-/m1/s1. The van der Waals surface area contributed by atoms with E-state index in [4.69, 9.17) is 5.73 Å². The van der Waals surface area contributed by atoms with Crippen molar-refractivity contribution < 1.29 is 4.79 Å². The van der Waals surface area contributed by atoms with Gasteiger partial charge in [-0.3, -0.25) is 9.69 Å². The van der Waals surface area contributed by atoms with E-state index < -0.39 is 5.92 Å². The smallest absolute Gasteiger partial charge is 0.161 e. The molecule has 4 rings (SSSR count). The summed E-state index contributed by atoms with van der Waals surface area (Å²) in [7, 11) is 0. The first-order valence-corrected chi connectivity index (χ1v) is 12.6. The second-order valence-electron chi connectivity index (χ2n) is 7.53. The molecule has 2 N–H and O–H groups in total. The lowest BCUT2D eigenvalue weighted by molar-refractivity contribution is -0.116. The van der Waals surface area contributed by atoms with Crippen molar-refractivity contribution >= 4 is 50.5 Å². The van der Waals surface area contributed by atoms with E-state index in [1.165, 1.54) is 4.88 Å². The van der Waals surface area contributed by atoms with Crippen molar-refractivity contribution in [2.24, 2.45) is 5.73 Å². The molecule has 2 aliphatic rings. The molecule has 0 bridgehead atoms. The van der Waals surface area contributed by atoms with Crippen molar-refractivity contribution in [1.29, 1.82) is 5.26 Å². The number of thioether (sulfide) groups is 1. The van der Waals surface area contributed by atoms with E-state index in [0.29, 0.717) is 17.8 Å². The summed E-state index contributed by atoms with van der Waals surface area (Å²) in [4.78, 5) is 16.4. The Morgan fingerprint density at radius 3 is 2.77 bits per heavy atom. The Balaban J connectivity index is 2.04.